The second kappa shape index (κ2) is 6.13. The molecule has 0 aromatic heterocycles. The van der Waals surface area contributed by atoms with Crippen molar-refractivity contribution >= 4 is 57.1 Å². The largest absolute Gasteiger partial charge is 0.394 e. The van der Waals surface area contributed by atoms with Crippen molar-refractivity contribution in [3.05, 3.63) is 35.9 Å². The molecule has 5 heteroatoms. The van der Waals surface area contributed by atoms with Crippen molar-refractivity contribution in [2.75, 3.05) is 0 Å². The minimum absolute atomic E-state index is 0. The predicted octanol–water partition coefficient (Wildman–Crippen LogP) is 0.409. The van der Waals surface area contributed by atoms with E-state index < -0.39 is 0 Å². The Morgan fingerprint density at radius 3 is 2.15 bits per heavy atom. The standard InChI is InChI=1S/C8H7N2O2.K/c9-6-8(10(11)12)7-4-2-1-3-5-7;/h1-5,11-12H;/q+1;. The first-order valence-corrected chi connectivity index (χ1v) is 3.26. The van der Waals surface area contributed by atoms with Crippen molar-refractivity contribution in [2.24, 2.45) is 0 Å². The minimum Gasteiger partial charge on any atom is -0.243 e. The van der Waals surface area contributed by atoms with Crippen LogP contribution in [0, 0.1) is 11.3 Å². The molecular weight excluding hydrogens is 195 g/mol. The summed E-state index contributed by atoms with van der Waals surface area (Å²) in [6, 6.07) is 10.1. The van der Waals surface area contributed by atoms with Gasteiger partial charge in [-0.1, -0.05) is 18.2 Å². The number of nitrogens with zero attached hydrogens (tertiary/aromatic N) is 2. The van der Waals surface area contributed by atoms with Crippen molar-refractivity contribution < 1.29 is 15.3 Å². The zero-order valence-electron chi connectivity index (χ0n) is 7.18. The number of benzene rings is 1. The summed E-state index contributed by atoms with van der Waals surface area (Å²) in [4.78, 5) is -0.185. The summed E-state index contributed by atoms with van der Waals surface area (Å²) in [7, 11) is 0. The first kappa shape index (κ1) is 12.6. The van der Waals surface area contributed by atoms with Gasteiger partial charge in [0.25, 0.3) is 0 Å². The van der Waals surface area contributed by atoms with Crippen LogP contribution in [-0.4, -0.2) is 72.4 Å². The van der Waals surface area contributed by atoms with Crippen molar-refractivity contribution in [3.8, 4) is 6.07 Å². The van der Waals surface area contributed by atoms with Crippen LogP contribution in [0.2, 0.25) is 0 Å². The summed E-state index contributed by atoms with van der Waals surface area (Å²) in [5.41, 5.74) is 0.264. The summed E-state index contributed by atoms with van der Waals surface area (Å²) in [6.07, 6.45) is 0. The van der Waals surface area contributed by atoms with Crippen LogP contribution in [0.3, 0.4) is 0 Å². The third kappa shape index (κ3) is 3.46. The summed E-state index contributed by atoms with van der Waals surface area (Å²) in [5, 5.41) is 25.7. The number of hydrogen-bond acceptors (Lipinski definition) is 3. The van der Waals surface area contributed by atoms with E-state index in [2.05, 4.69) is 0 Å². The van der Waals surface area contributed by atoms with Crippen LogP contribution in [0.15, 0.2) is 30.3 Å². The van der Waals surface area contributed by atoms with Gasteiger partial charge >= 0.3 is 5.71 Å². The fourth-order valence-corrected chi connectivity index (χ4v) is 0.821. The van der Waals surface area contributed by atoms with Crippen LogP contribution in [0.5, 0.6) is 0 Å². The van der Waals surface area contributed by atoms with Gasteiger partial charge in [-0.05, 0) is 12.1 Å². The number of hydrogen-bond donors (Lipinski definition) is 2. The summed E-state index contributed by atoms with van der Waals surface area (Å²) < 4.78 is 0. The van der Waals surface area contributed by atoms with E-state index in [0.717, 1.165) is 0 Å². The molecule has 1 aromatic carbocycles. The molecule has 1 radical (unpaired) electrons. The van der Waals surface area contributed by atoms with Crippen molar-refractivity contribution in [3.63, 3.8) is 0 Å². The van der Waals surface area contributed by atoms with Gasteiger partial charge in [0.05, 0.1) is 5.56 Å². The maximum atomic E-state index is 8.59. The van der Waals surface area contributed by atoms with E-state index in [1.807, 2.05) is 0 Å². The zero-order chi connectivity index (χ0) is 8.97. The first-order valence-electron chi connectivity index (χ1n) is 3.26. The maximum absolute atomic E-state index is 8.59. The topological polar surface area (TPSA) is 67.3 Å². The van der Waals surface area contributed by atoms with Gasteiger partial charge in [-0.25, -0.2) is 10.4 Å². The van der Waals surface area contributed by atoms with Gasteiger partial charge in [-0.15, -0.1) is 0 Å². The van der Waals surface area contributed by atoms with Crippen LogP contribution < -0.4 is 0 Å². The van der Waals surface area contributed by atoms with E-state index >= 15 is 0 Å². The van der Waals surface area contributed by atoms with Crippen LogP contribution in [0.1, 0.15) is 5.56 Å². The van der Waals surface area contributed by atoms with E-state index in [9.17, 15) is 0 Å². The Bertz CT molecular complexity index is 339. The van der Waals surface area contributed by atoms with E-state index in [1.54, 1.807) is 36.4 Å². The Morgan fingerprint density at radius 2 is 1.77 bits per heavy atom. The Kier molecular flexibility index (Phi) is 5.95. The van der Waals surface area contributed by atoms with Crippen LogP contribution in [0.4, 0.5) is 0 Å². The molecule has 0 heterocycles. The molecule has 61 valence electrons. The second-order valence-corrected chi connectivity index (χ2v) is 2.12. The van der Waals surface area contributed by atoms with E-state index in [4.69, 9.17) is 15.7 Å². The van der Waals surface area contributed by atoms with E-state index in [-0.39, 0.29) is 62.0 Å². The molecule has 13 heavy (non-hydrogen) atoms. The minimum atomic E-state index is -0.199. The van der Waals surface area contributed by atoms with E-state index in [1.165, 1.54) is 0 Å². The molecule has 0 saturated carbocycles. The van der Waals surface area contributed by atoms with Crippen LogP contribution in [-0.2, 0) is 0 Å². The van der Waals surface area contributed by atoms with Crippen molar-refractivity contribution in [2.45, 2.75) is 0 Å². The second-order valence-electron chi connectivity index (χ2n) is 2.12. The fourth-order valence-electron chi connectivity index (χ4n) is 0.821. The molecule has 0 bridgehead atoms. The van der Waals surface area contributed by atoms with Gasteiger partial charge in [0.1, 0.15) is 0 Å². The SMILES string of the molecule is N#CC(c1ccccc1)=[N+](O)O.[K]. The number of nitriles is 1. The molecule has 0 atom stereocenters. The molecule has 2 N–H and O–H groups in total. The molecule has 0 aliphatic carbocycles. The van der Waals surface area contributed by atoms with Gasteiger partial charge in [-0.2, -0.15) is 5.26 Å². The summed E-state index contributed by atoms with van der Waals surface area (Å²) in [6.45, 7) is 0. The maximum Gasteiger partial charge on any atom is 0.394 e. The summed E-state index contributed by atoms with van der Waals surface area (Å²) in [5.74, 6) is 0. The molecule has 0 saturated heterocycles. The van der Waals surface area contributed by atoms with Crippen LogP contribution >= 0.6 is 0 Å². The normalized spacial score (nSPS) is 7.92. The third-order valence-corrected chi connectivity index (χ3v) is 1.35. The molecule has 0 amide bonds. The van der Waals surface area contributed by atoms with Gasteiger partial charge in [0.15, 0.2) is 6.07 Å². The Morgan fingerprint density at radius 1 is 1.23 bits per heavy atom. The third-order valence-electron chi connectivity index (χ3n) is 1.35. The fraction of sp³-hybridized carbons (Fsp3) is 0. The van der Waals surface area contributed by atoms with Gasteiger partial charge < -0.3 is 0 Å². The van der Waals surface area contributed by atoms with Crippen molar-refractivity contribution in [1.29, 1.82) is 5.26 Å². The molecule has 1 rings (SSSR count). The number of rotatable bonds is 1. The molecule has 4 nitrogen and oxygen atoms in total. The van der Waals surface area contributed by atoms with Gasteiger partial charge in [0, 0.05) is 51.4 Å². The molecule has 0 aliphatic rings. The first-order chi connectivity index (χ1) is 5.75. The van der Waals surface area contributed by atoms with Crippen LogP contribution in [0.25, 0.3) is 0 Å². The Labute approximate surface area is 118 Å². The molecule has 0 aliphatic heterocycles. The average Bonchev–Trinajstić information content (AvgIpc) is 2.07. The molecule has 0 unspecified atom stereocenters. The Hall–Kier alpha value is -0.384. The molecule has 1 aromatic rings. The predicted molar refractivity (Wildman–Crippen MR) is 45.8 cm³/mol. The Balaban J connectivity index is 0.00000144. The molecule has 0 fully saturated rings. The molecule has 0 spiro atoms. The zero-order valence-corrected chi connectivity index (χ0v) is 10.3. The van der Waals surface area contributed by atoms with Gasteiger partial charge in [-0.3, -0.25) is 0 Å². The van der Waals surface area contributed by atoms with Gasteiger partial charge in [0.2, 0.25) is 4.90 Å². The van der Waals surface area contributed by atoms with E-state index in [0.29, 0.717) is 5.56 Å². The quantitative estimate of drug-likeness (QED) is 0.300. The smallest absolute Gasteiger partial charge is 0.243 e. The summed E-state index contributed by atoms with van der Waals surface area (Å²) >= 11 is 0. The molecular formula is C8H7KN2O2+. The monoisotopic (exact) mass is 202 g/mol. The average molecular weight is 202 g/mol. The van der Waals surface area contributed by atoms with Crippen molar-refractivity contribution in [1.82, 2.24) is 0 Å².